The normalized spacial score (nSPS) is 21.0. The molecule has 0 aromatic rings. The summed E-state index contributed by atoms with van der Waals surface area (Å²) in [6.07, 6.45) is 8.45. The molecule has 2 rings (SSSR count). The van der Waals surface area contributed by atoms with Crippen molar-refractivity contribution in [2.45, 2.75) is 72.3 Å². The highest BCUT2D eigenvalue weighted by molar-refractivity contribution is 4.80. The summed E-state index contributed by atoms with van der Waals surface area (Å²) in [5.74, 6) is 0.932. The van der Waals surface area contributed by atoms with E-state index in [-0.39, 0.29) is 0 Å². The Morgan fingerprint density at radius 2 is 1.30 bits per heavy atom. The van der Waals surface area contributed by atoms with E-state index in [1.807, 2.05) is 27.7 Å². The molecule has 0 spiro atoms. The van der Waals surface area contributed by atoms with Crippen molar-refractivity contribution >= 4 is 0 Å². The van der Waals surface area contributed by atoms with Crippen molar-refractivity contribution in [3.63, 3.8) is 0 Å². The van der Waals surface area contributed by atoms with Crippen LogP contribution in [0.25, 0.3) is 0 Å². The van der Waals surface area contributed by atoms with Crippen LogP contribution in [0.1, 0.15) is 66.2 Å². The fraction of sp³-hybridized carbons (Fsp3) is 1.00. The maximum atomic E-state index is 2.65. The molecular weight excluding hydrogens is 334 g/mol. The van der Waals surface area contributed by atoms with Gasteiger partial charge in [0, 0.05) is 59.9 Å². The summed E-state index contributed by atoms with van der Waals surface area (Å²) < 4.78 is 0. The average Bonchev–Trinajstić information content (AvgIpc) is 3.34. The van der Waals surface area contributed by atoms with Crippen molar-refractivity contribution in [1.82, 2.24) is 24.9 Å². The molecule has 5 nitrogen and oxygen atoms in total. The van der Waals surface area contributed by atoms with Crippen LogP contribution in [0, 0.1) is 5.92 Å². The van der Waals surface area contributed by atoms with Crippen LogP contribution in [0.3, 0.4) is 0 Å². The predicted octanol–water partition coefficient (Wildman–Crippen LogP) is 3.88. The first-order chi connectivity index (χ1) is 13.0. The summed E-state index contributed by atoms with van der Waals surface area (Å²) in [6.45, 7) is 13.8. The van der Waals surface area contributed by atoms with Crippen molar-refractivity contribution < 1.29 is 0 Å². The highest BCUT2D eigenvalue weighted by Gasteiger charge is 2.30. The molecule has 1 saturated carbocycles. The number of hydrogen-bond donors (Lipinski definition) is 0. The van der Waals surface area contributed by atoms with E-state index in [9.17, 15) is 0 Å². The highest BCUT2D eigenvalue weighted by atomic mass is 15.7. The minimum absolute atomic E-state index is 0.674. The number of rotatable bonds is 9. The lowest BCUT2D eigenvalue weighted by Crippen LogP contribution is -2.51. The van der Waals surface area contributed by atoms with Gasteiger partial charge in [-0.25, -0.2) is 20.0 Å². The van der Waals surface area contributed by atoms with E-state index >= 15 is 0 Å². The van der Waals surface area contributed by atoms with E-state index in [0.29, 0.717) is 6.04 Å². The van der Waals surface area contributed by atoms with E-state index in [1.54, 1.807) is 0 Å². The monoisotopic (exact) mass is 385 g/mol. The molecule has 27 heavy (non-hydrogen) atoms. The molecule has 164 valence electrons. The first-order valence-electron chi connectivity index (χ1n) is 11.5. The Labute approximate surface area is 171 Å². The van der Waals surface area contributed by atoms with E-state index in [0.717, 1.165) is 25.6 Å². The van der Waals surface area contributed by atoms with Crippen LogP contribution in [0.15, 0.2) is 0 Å². The summed E-state index contributed by atoms with van der Waals surface area (Å²) in [5, 5.41) is 9.97. The lowest BCUT2D eigenvalue weighted by molar-refractivity contribution is -0.0602. The third-order valence-electron chi connectivity index (χ3n) is 5.71. The molecule has 0 aromatic heterocycles. The fourth-order valence-electron chi connectivity index (χ4n) is 4.09. The molecule has 5 heteroatoms. The summed E-state index contributed by atoms with van der Waals surface area (Å²) in [6, 6.07) is 0.674. The second kappa shape index (κ2) is 15.7. The third kappa shape index (κ3) is 10.2. The van der Waals surface area contributed by atoms with Gasteiger partial charge in [-0.3, -0.25) is 0 Å². The largest absolute Gasteiger partial charge is 0.308 e. The van der Waals surface area contributed by atoms with Crippen molar-refractivity contribution in [3.05, 3.63) is 0 Å². The van der Waals surface area contributed by atoms with Crippen LogP contribution < -0.4 is 0 Å². The minimum atomic E-state index is 0.674. The molecule has 1 atom stereocenters. The molecule has 1 aliphatic heterocycles. The Morgan fingerprint density at radius 1 is 0.704 bits per heavy atom. The summed E-state index contributed by atoms with van der Waals surface area (Å²) in [4.78, 5) is 2.25. The second-order valence-corrected chi connectivity index (χ2v) is 7.97. The van der Waals surface area contributed by atoms with E-state index in [1.165, 1.54) is 51.6 Å². The highest BCUT2D eigenvalue weighted by Crippen LogP contribution is 2.27. The Morgan fingerprint density at radius 3 is 1.85 bits per heavy atom. The smallest absolute Gasteiger partial charge is 0.0387 e. The van der Waals surface area contributed by atoms with Gasteiger partial charge in [0.05, 0.1) is 0 Å². The Kier molecular flexibility index (Phi) is 15.6. The van der Waals surface area contributed by atoms with E-state index < -0.39 is 0 Å². The summed E-state index contributed by atoms with van der Waals surface area (Å²) >= 11 is 0. The molecule has 1 heterocycles. The lowest BCUT2D eigenvalue weighted by Gasteiger charge is -2.38. The molecule has 0 aromatic carbocycles. The van der Waals surface area contributed by atoms with Gasteiger partial charge < -0.3 is 4.90 Å². The Hall–Kier alpha value is -0.200. The average molecular weight is 386 g/mol. The van der Waals surface area contributed by atoms with Crippen molar-refractivity contribution in [2.75, 3.05) is 68.0 Å². The maximum Gasteiger partial charge on any atom is 0.0387 e. The zero-order valence-electron chi connectivity index (χ0n) is 20.2. The van der Waals surface area contributed by atoms with Crippen LogP contribution in [-0.2, 0) is 0 Å². The molecule has 1 saturated heterocycles. The van der Waals surface area contributed by atoms with E-state index in [4.69, 9.17) is 0 Å². The van der Waals surface area contributed by atoms with Crippen LogP contribution in [0.2, 0.25) is 0 Å². The van der Waals surface area contributed by atoms with Crippen LogP contribution in [0.4, 0.5) is 0 Å². The van der Waals surface area contributed by atoms with Crippen LogP contribution >= 0.6 is 0 Å². The summed E-state index contributed by atoms with van der Waals surface area (Å²) in [7, 11) is 11.1. The molecule has 0 amide bonds. The van der Waals surface area contributed by atoms with Gasteiger partial charge in [-0.15, -0.1) is 0 Å². The standard InChI is InChI=1S/C18H39N5.2C2H6/c1-19(2)13-14-20(3)21(4)16-18-11-8-12-23(18)22(5)15-17-9-6-7-10-17;2*1-2/h17-18H,6-16H2,1-5H3;2*1-2H3. The molecule has 1 aliphatic carbocycles. The molecular formula is C22H51N5. The van der Waals surface area contributed by atoms with Gasteiger partial charge in [0.1, 0.15) is 0 Å². The number of hydrazine groups is 2. The number of nitrogens with zero attached hydrogens (tertiary/aromatic N) is 5. The Balaban J connectivity index is 0.00000158. The first-order valence-corrected chi connectivity index (χ1v) is 11.5. The van der Waals surface area contributed by atoms with Gasteiger partial charge in [-0.2, -0.15) is 0 Å². The minimum Gasteiger partial charge on any atom is -0.308 e. The molecule has 0 N–H and O–H groups in total. The first kappa shape index (κ1) is 26.8. The number of hydrogen-bond acceptors (Lipinski definition) is 5. The maximum absolute atomic E-state index is 2.65. The number of likely N-dealkylation sites (N-methyl/N-ethyl adjacent to an activating group) is 3. The SMILES string of the molecule is CC.CC.CN(C)CCN(C)N(C)CC1CCCN1N(C)CC1CCCC1. The molecule has 1 unspecified atom stereocenters. The van der Waals surface area contributed by atoms with Crippen LogP contribution in [0.5, 0.6) is 0 Å². The van der Waals surface area contributed by atoms with Gasteiger partial charge in [0.25, 0.3) is 0 Å². The van der Waals surface area contributed by atoms with Crippen molar-refractivity contribution in [3.8, 4) is 0 Å². The van der Waals surface area contributed by atoms with Crippen molar-refractivity contribution in [2.24, 2.45) is 5.92 Å². The molecule has 0 radical (unpaired) electrons. The molecule has 0 bridgehead atoms. The van der Waals surface area contributed by atoms with Gasteiger partial charge in [-0.05, 0) is 45.7 Å². The zero-order valence-corrected chi connectivity index (χ0v) is 20.2. The topological polar surface area (TPSA) is 16.2 Å². The third-order valence-corrected chi connectivity index (χ3v) is 5.71. The lowest BCUT2D eigenvalue weighted by atomic mass is 10.1. The predicted molar refractivity (Wildman–Crippen MR) is 121 cm³/mol. The molecule has 2 fully saturated rings. The van der Waals surface area contributed by atoms with E-state index in [2.05, 4.69) is 60.2 Å². The van der Waals surface area contributed by atoms with Gasteiger partial charge in [0.2, 0.25) is 0 Å². The zero-order chi connectivity index (χ0) is 20.8. The van der Waals surface area contributed by atoms with Gasteiger partial charge >= 0.3 is 0 Å². The van der Waals surface area contributed by atoms with Gasteiger partial charge in [0.15, 0.2) is 0 Å². The molecule has 2 aliphatic rings. The fourth-order valence-corrected chi connectivity index (χ4v) is 4.09. The van der Waals surface area contributed by atoms with Gasteiger partial charge in [-0.1, -0.05) is 40.5 Å². The second-order valence-electron chi connectivity index (χ2n) is 7.97. The summed E-state index contributed by atoms with van der Waals surface area (Å²) in [5.41, 5.74) is 0. The quantitative estimate of drug-likeness (QED) is 0.558. The van der Waals surface area contributed by atoms with Crippen LogP contribution in [-0.4, -0.2) is 98.9 Å². The Bertz CT molecular complexity index is 331. The van der Waals surface area contributed by atoms with Crippen molar-refractivity contribution in [1.29, 1.82) is 0 Å².